The molecule has 136 valence electrons. The number of imidazole rings is 1. The van der Waals surface area contributed by atoms with Crippen LogP contribution in [0.3, 0.4) is 0 Å². The quantitative estimate of drug-likeness (QED) is 0.736. The number of amides is 1. The van der Waals surface area contributed by atoms with Gasteiger partial charge in [-0.25, -0.2) is 9.37 Å². The molecule has 3 aromatic rings. The third-order valence-electron chi connectivity index (χ3n) is 4.22. The number of hydrogen-bond donors (Lipinski definition) is 2. The van der Waals surface area contributed by atoms with Crippen molar-refractivity contribution in [1.82, 2.24) is 14.7 Å². The van der Waals surface area contributed by atoms with Gasteiger partial charge < -0.3 is 15.8 Å². The predicted molar refractivity (Wildman–Crippen MR) is 98.9 cm³/mol. The summed E-state index contributed by atoms with van der Waals surface area (Å²) in [6.45, 7) is 4.17. The summed E-state index contributed by atoms with van der Waals surface area (Å²) in [5.41, 5.74) is 7.92. The Bertz CT molecular complexity index is 981. The highest BCUT2D eigenvalue weighted by atomic mass is 19.1. The molecule has 0 radical (unpaired) electrons. The largest absolute Gasteiger partial charge is 0.496 e. The zero-order valence-electron chi connectivity index (χ0n) is 15.0. The van der Waals surface area contributed by atoms with Gasteiger partial charge in [-0.05, 0) is 37.1 Å². The Morgan fingerprint density at radius 1 is 1.38 bits per heavy atom. The first-order chi connectivity index (χ1) is 12.5. The molecular formula is C19H21FN4O2. The molecule has 2 heterocycles. The second-order valence-electron chi connectivity index (χ2n) is 5.99. The highest BCUT2D eigenvalue weighted by Gasteiger charge is 2.22. The van der Waals surface area contributed by atoms with Crippen LogP contribution in [-0.4, -0.2) is 28.9 Å². The fraction of sp³-hybridized carbons (Fsp3) is 0.263. The summed E-state index contributed by atoms with van der Waals surface area (Å²) in [5.74, 6) is -0.145. The smallest absolute Gasteiger partial charge is 0.273 e. The van der Waals surface area contributed by atoms with E-state index in [0.29, 0.717) is 34.6 Å². The molecule has 0 saturated heterocycles. The number of fused-ring (bicyclic) bond motifs is 1. The minimum Gasteiger partial charge on any atom is -0.496 e. The van der Waals surface area contributed by atoms with Crippen molar-refractivity contribution < 1.29 is 13.9 Å². The molecule has 0 unspecified atom stereocenters. The van der Waals surface area contributed by atoms with Crippen LogP contribution >= 0.6 is 0 Å². The first kappa shape index (κ1) is 17.7. The number of pyridine rings is 1. The SMILES string of the molecule is CCCNC(=O)c1nc2c(-c3c(OC)ccc(C)c3F)cccn2c1N. The number of nitrogen functional groups attached to an aromatic ring is 1. The Kier molecular flexibility index (Phi) is 4.79. The summed E-state index contributed by atoms with van der Waals surface area (Å²) in [6.07, 6.45) is 2.49. The van der Waals surface area contributed by atoms with E-state index in [0.717, 1.165) is 6.42 Å². The lowest BCUT2D eigenvalue weighted by Gasteiger charge is -2.12. The zero-order chi connectivity index (χ0) is 18.8. The monoisotopic (exact) mass is 356 g/mol. The van der Waals surface area contributed by atoms with E-state index in [1.165, 1.54) is 7.11 Å². The molecule has 0 aliphatic carbocycles. The Hall–Kier alpha value is -3.09. The van der Waals surface area contributed by atoms with Crippen molar-refractivity contribution in [3.8, 4) is 16.9 Å². The number of carbonyl (C=O) groups is 1. The van der Waals surface area contributed by atoms with E-state index in [-0.39, 0.29) is 17.4 Å². The van der Waals surface area contributed by atoms with Crippen LogP contribution < -0.4 is 15.8 Å². The molecule has 0 bridgehead atoms. The highest BCUT2D eigenvalue weighted by molar-refractivity contribution is 5.99. The van der Waals surface area contributed by atoms with Gasteiger partial charge in [-0.2, -0.15) is 0 Å². The number of rotatable bonds is 5. The number of nitrogens with two attached hydrogens (primary N) is 1. The number of nitrogens with zero attached hydrogens (tertiary/aromatic N) is 2. The average Bonchev–Trinajstić information content (AvgIpc) is 2.99. The van der Waals surface area contributed by atoms with E-state index >= 15 is 0 Å². The third-order valence-corrected chi connectivity index (χ3v) is 4.22. The molecular weight excluding hydrogens is 335 g/mol. The maximum absolute atomic E-state index is 14.9. The van der Waals surface area contributed by atoms with Gasteiger partial charge in [0.15, 0.2) is 5.69 Å². The molecule has 0 atom stereocenters. The summed E-state index contributed by atoms with van der Waals surface area (Å²) in [6, 6.07) is 6.82. The molecule has 1 aromatic carbocycles. The van der Waals surface area contributed by atoms with Crippen molar-refractivity contribution in [2.24, 2.45) is 0 Å². The van der Waals surface area contributed by atoms with E-state index in [1.54, 1.807) is 41.8 Å². The van der Waals surface area contributed by atoms with Crippen molar-refractivity contribution in [3.63, 3.8) is 0 Å². The van der Waals surface area contributed by atoms with Gasteiger partial charge in [-0.3, -0.25) is 9.20 Å². The van der Waals surface area contributed by atoms with E-state index in [1.807, 2.05) is 6.92 Å². The predicted octanol–water partition coefficient (Wildman–Crippen LogP) is 3.18. The summed E-state index contributed by atoms with van der Waals surface area (Å²) in [4.78, 5) is 16.7. The number of methoxy groups -OCH3 is 1. The van der Waals surface area contributed by atoms with Crippen LogP contribution in [0.4, 0.5) is 10.2 Å². The Morgan fingerprint density at radius 3 is 2.85 bits per heavy atom. The maximum atomic E-state index is 14.9. The van der Waals surface area contributed by atoms with Crippen molar-refractivity contribution in [3.05, 3.63) is 47.5 Å². The molecule has 0 saturated carbocycles. The summed E-state index contributed by atoms with van der Waals surface area (Å²) >= 11 is 0. The molecule has 0 aliphatic rings. The average molecular weight is 356 g/mol. The number of benzene rings is 1. The first-order valence-electron chi connectivity index (χ1n) is 8.37. The molecule has 3 rings (SSSR count). The highest BCUT2D eigenvalue weighted by Crippen LogP contribution is 2.37. The number of halogens is 1. The molecule has 2 aromatic heterocycles. The van der Waals surface area contributed by atoms with Gasteiger partial charge in [0, 0.05) is 18.3 Å². The second kappa shape index (κ2) is 7.03. The lowest BCUT2D eigenvalue weighted by atomic mass is 10.0. The molecule has 6 nitrogen and oxygen atoms in total. The number of anilines is 1. The fourth-order valence-corrected chi connectivity index (χ4v) is 2.85. The third kappa shape index (κ3) is 2.85. The summed E-state index contributed by atoms with van der Waals surface area (Å²) in [7, 11) is 1.48. The van der Waals surface area contributed by atoms with Crippen LogP contribution in [0.5, 0.6) is 5.75 Å². The molecule has 7 heteroatoms. The van der Waals surface area contributed by atoms with Gasteiger partial charge >= 0.3 is 0 Å². The number of carbonyl (C=O) groups excluding carboxylic acids is 1. The van der Waals surface area contributed by atoms with Crippen molar-refractivity contribution >= 4 is 17.4 Å². The molecule has 0 spiro atoms. The summed E-state index contributed by atoms with van der Waals surface area (Å²) in [5, 5.41) is 2.76. The van der Waals surface area contributed by atoms with Crippen molar-refractivity contribution in [2.75, 3.05) is 19.4 Å². The van der Waals surface area contributed by atoms with Crippen LogP contribution in [0, 0.1) is 12.7 Å². The minimum absolute atomic E-state index is 0.123. The van der Waals surface area contributed by atoms with E-state index in [4.69, 9.17) is 10.5 Å². The standard InChI is InChI=1S/C19H21FN4O2/c1-4-9-22-19(25)16-17(21)24-10-5-6-12(18(24)23-16)14-13(26-3)8-7-11(2)15(14)20/h5-8,10H,4,9,21H2,1-3H3,(H,22,25). The Balaban J connectivity index is 2.24. The van der Waals surface area contributed by atoms with Crippen LogP contribution in [0.2, 0.25) is 0 Å². The number of aryl methyl sites for hydroxylation is 1. The van der Waals surface area contributed by atoms with Gasteiger partial charge in [-0.15, -0.1) is 0 Å². The molecule has 0 aliphatic heterocycles. The van der Waals surface area contributed by atoms with E-state index in [2.05, 4.69) is 10.3 Å². The topological polar surface area (TPSA) is 81.6 Å². The number of aromatic nitrogens is 2. The minimum atomic E-state index is -0.393. The molecule has 1 amide bonds. The van der Waals surface area contributed by atoms with Gasteiger partial charge in [-0.1, -0.05) is 13.0 Å². The van der Waals surface area contributed by atoms with Gasteiger partial charge in [0.25, 0.3) is 5.91 Å². The molecule has 26 heavy (non-hydrogen) atoms. The zero-order valence-corrected chi connectivity index (χ0v) is 15.0. The van der Waals surface area contributed by atoms with Gasteiger partial charge in [0.05, 0.1) is 12.7 Å². The van der Waals surface area contributed by atoms with E-state index in [9.17, 15) is 9.18 Å². The van der Waals surface area contributed by atoms with Crippen molar-refractivity contribution in [1.29, 1.82) is 0 Å². The first-order valence-corrected chi connectivity index (χ1v) is 8.37. The lowest BCUT2D eigenvalue weighted by Crippen LogP contribution is -2.25. The van der Waals surface area contributed by atoms with Gasteiger partial charge in [0.2, 0.25) is 0 Å². The lowest BCUT2D eigenvalue weighted by molar-refractivity contribution is 0.0950. The van der Waals surface area contributed by atoms with Crippen LogP contribution in [-0.2, 0) is 0 Å². The Labute approximate surface area is 150 Å². The van der Waals surface area contributed by atoms with Crippen molar-refractivity contribution in [2.45, 2.75) is 20.3 Å². The van der Waals surface area contributed by atoms with Crippen LogP contribution in [0.1, 0.15) is 29.4 Å². The number of nitrogens with one attached hydrogen (secondary N) is 1. The van der Waals surface area contributed by atoms with E-state index < -0.39 is 5.82 Å². The van der Waals surface area contributed by atoms with Crippen LogP contribution in [0.15, 0.2) is 30.5 Å². The Morgan fingerprint density at radius 2 is 2.15 bits per heavy atom. The second-order valence-corrected chi connectivity index (χ2v) is 5.99. The van der Waals surface area contributed by atoms with Gasteiger partial charge in [0.1, 0.15) is 23.0 Å². The fourth-order valence-electron chi connectivity index (χ4n) is 2.85. The number of ether oxygens (including phenoxy) is 1. The molecule has 0 fully saturated rings. The maximum Gasteiger partial charge on any atom is 0.273 e. The van der Waals surface area contributed by atoms with Crippen LogP contribution in [0.25, 0.3) is 16.8 Å². The normalized spacial score (nSPS) is 10.9. The molecule has 3 N–H and O–H groups in total. The number of hydrogen-bond acceptors (Lipinski definition) is 4. The summed E-state index contributed by atoms with van der Waals surface area (Å²) < 4.78 is 21.8.